The third-order valence-electron chi connectivity index (χ3n) is 3.96. The van der Waals surface area contributed by atoms with Gasteiger partial charge >= 0.3 is 0 Å². The number of hydrogen-bond acceptors (Lipinski definition) is 4. The van der Waals surface area contributed by atoms with Crippen LogP contribution in [-0.2, 0) is 0 Å². The second-order valence-corrected chi connectivity index (χ2v) is 5.81. The summed E-state index contributed by atoms with van der Waals surface area (Å²) in [5.41, 5.74) is 3.88. The van der Waals surface area contributed by atoms with Gasteiger partial charge in [0.15, 0.2) is 0 Å². The number of nitrogens with two attached hydrogens (primary N) is 1. The fourth-order valence-corrected chi connectivity index (χ4v) is 2.77. The molecule has 2 atom stereocenters. The monoisotopic (exact) mass is 276 g/mol. The Hall–Kier alpha value is -1.62. The highest BCUT2D eigenvalue weighted by atomic mass is 16.1. The van der Waals surface area contributed by atoms with E-state index >= 15 is 0 Å². The molecule has 2 unspecified atom stereocenters. The van der Waals surface area contributed by atoms with E-state index in [0.29, 0.717) is 11.4 Å². The standard InChI is InChI=1S/C15H24N4O/c1-10-4-3-5-13(7-6-10)18-15(20)12-8-11(2)17-14(9-12)19-16/h8-10,13H,3-7,16H2,1-2H3,(H,17,19)(H,18,20). The average Bonchev–Trinajstić information content (AvgIpc) is 2.63. The van der Waals surface area contributed by atoms with Gasteiger partial charge in [-0.25, -0.2) is 10.8 Å². The molecule has 5 heteroatoms. The van der Waals surface area contributed by atoms with Gasteiger partial charge in [-0.3, -0.25) is 4.79 Å². The minimum Gasteiger partial charge on any atom is -0.349 e. The second-order valence-electron chi connectivity index (χ2n) is 5.81. The summed E-state index contributed by atoms with van der Waals surface area (Å²) in [7, 11) is 0. The zero-order valence-corrected chi connectivity index (χ0v) is 12.3. The Morgan fingerprint density at radius 2 is 2.10 bits per heavy atom. The molecule has 4 N–H and O–H groups in total. The van der Waals surface area contributed by atoms with Crippen molar-refractivity contribution in [1.29, 1.82) is 0 Å². The quantitative estimate of drug-likeness (QED) is 0.450. The molecule has 1 aromatic heterocycles. The normalized spacial score (nSPS) is 22.9. The number of hydrazine groups is 1. The minimum atomic E-state index is -0.0356. The Labute approximate surface area is 120 Å². The number of nitrogens with one attached hydrogen (secondary N) is 2. The Kier molecular flexibility index (Phi) is 4.95. The first-order valence-electron chi connectivity index (χ1n) is 7.34. The number of pyridine rings is 1. The zero-order valence-electron chi connectivity index (χ0n) is 12.3. The van der Waals surface area contributed by atoms with Crippen molar-refractivity contribution in [2.24, 2.45) is 11.8 Å². The summed E-state index contributed by atoms with van der Waals surface area (Å²) in [4.78, 5) is 16.5. The van der Waals surface area contributed by atoms with Crippen molar-refractivity contribution in [1.82, 2.24) is 10.3 Å². The number of nitrogen functional groups attached to an aromatic ring is 1. The molecule has 20 heavy (non-hydrogen) atoms. The lowest BCUT2D eigenvalue weighted by Gasteiger charge is -2.17. The largest absolute Gasteiger partial charge is 0.349 e. The lowest BCUT2D eigenvalue weighted by molar-refractivity contribution is 0.0933. The molecular weight excluding hydrogens is 252 g/mol. The Bertz CT molecular complexity index is 475. The number of hydrogen-bond donors (Lipinski definition) is 3. The van der Waals surface area contributed by atoms with Gasteiger partial charge in [0, 0.05) is 17.3 Å². The van der Waals surface area contributed by atoms with Crippen molar-refractivity contribution in [3.05, 3.63) is 23.4 Å². The fraction of sp³-hybridized carbons (Fsp3) is 0.600. The molecular formula is C15H24N4O. The molecule has 1 aromatic rings. The van der Waals surface area contributed by atoms with Crippen molar-refractivity contribution in [3.63, 3.8) is 0 Å². The van der Waals surface area contributed by atoms with Gasteiger partial charge in [-0.05, 0) is 44.2 Å². The van der Waals surface area contributed by atoms with E-state index in [-0.39, 0.29) is 11.9 Å². The van der Waals surface area contributed by atoms with E-state index < -0.39 is 0 Å². The third-order valence-corrected chi connectivity index (χ3v) is 3.96. The van der Waals surface area contributed by atoms with Crippen LogP contribution in [0.2, 0.25) is 0 Å². The molecule has 0 aliphatic heterocycles. The predicted molar refractivity (Wildman–Crippen MR) is 80.3 cm³/mol. The lowest BCUT2D eigenvalue weighted by atomic mass is 10.0. The summed E-state index contributed by atoms with van der Waals surface area (Å²) >= 11 is 0. The van der Waals surface area contributed by atoms with Crippen LogP contribution in [0.15, 0.2) is 12.1 Å². The molecule has 0 saturated heterocycles. The number of aryl methyl sites for hydroxylation is 1. The number of amides is 1. The fourth-order valence-electron chi connectivity index (χ4n) is 2.77. The molecule has 2 rings (SSSR count). The van der Waals surface area contributed by atoms with Gasteiger partial charge < -0.3 is 10.7 Å². The lowest BCUT2D eigenvalue weighted by Crippen LogP contribution is -2.34. The first-order chi connectivity index (χ1) is 9.58. The number of aromatic nitrogens is 1. The summed E-state index contributed by atoms with van der Waals surface area (Å²) in [5, 5.41) is 3.14. The van der Waals surface area contributed by atoms with Gasteiger partial charge in [-0.2, -0.15) is 0 Å². The number of nitrogens with zero attached hydrogens (tertiary/aromatic N) is 1. The van der Waals surface area contributed by atoms with Crippen molar-refractivity contribution in [3.8, 4) is 0 Å². The molecule has 1 saturated carbocycles. The molecule has 1 aliphatic carbocycles. The molecule has 1 amide bonds. The van der Waals surface area contributed by atoms with Gasteiger partial charge in [-0.1, -0.05) is 19.8 Å². The third kappa shape index (κ3) is 3.93. The first kappa shape index (κ1) is 14.8. The molecule has 5 nitrogen and oxygen atoms in total. The number of carbonyl (C=O) groups is 1. The van der Waals surface area contributed by atoms with Crippen LogP contribution in [0.5, 0.6) is 0 Å². The van der Waals surface area contributed by atoms with Gasteiger partial charge in [0.2, 0.25) is 0 Å². The highest BCUT2D eigenvalue weighted by Crippen LogP contribution is 2.23. The van der Waals surface area contributed by atoms with Crippen molar-refractivity contribution in [2.45, 2.75) is 52.0 Å². The number of rotatable bonds is 3. The number of anilines is 1. The molecule has 1 fully saturated rings. The van der Waals surface area contributed by atoms with E-state index in [2.05, 4.69) is 22.7 Å². The van der Waals surface area contributed by atoms with Gasteiger partial charge in [0.25, 0.3) is 5.91 Å². The van der Waals surface area contributed by atoms with Crippen LogP contribution in [-0.4, -0.2) is 16.9 Å². The molecule has 110 valence electrons. The zero-order chi connectivity index (χ0) is 14.5. The summed E-state index contributed by atoms with van der Waals surface area (Å²) in [6.07, 6.45) is 5.79. The van der Waals surface area contributed by atoms with E-state index in [4.69, 9.17) is 5.84 Å². The first-order valence-corrected chi connectivity index (χ1v) is 7.34. The van der Waals surface area contributed by atoms with Crippen molar-refractivity contribution < 1.29 is 4.79 Å². The molecule has 0 aromatic carbocycles. The Morgan fingerprint density at radius 3 is 2.85 bits per heavy atom. The Balaban J connectivity index is 2.02. The molecule has 1 heterocycles. The molecule has 1 aliphatic rings. The van der Waals surface area contributed by atoms with E-state index in [0.717, 1.165) is 24.5 Å². The maximum atomic E-state index is 12.3. The maximum absolute atomic E-state index is 12.3. The van der Waals surface area contributed by atoms with E-state index in [1.54, 1.807) is 12.1 Å². The van der Waals surface area contributed by atoms with Crippen LogP contribution in [0.3, 0.4) is 0 Å². The molecule has 0 spiro atoms. The predicted octanol–water partition coefficient (Wildman–Crippen LogP) is 2.37. The van der Waals surface area contributed by atoms with E-state index in [9.17, 15) is 4.79 Å². The van der Waals surface area contributed by atoms with Gasteiger partial charge in [0.05, 0.1) is 0 Å². The highest BCUT2D eigenvalue weighted by molar-refractivity contribution is 5.95. The van der Waals surface area contributed by atoms with Gasteiger partial charge in [-0.15, -0.1) is 0 Å². The summed E-state index contributed by atoms with van der Waals surface area (Å²) < 4.78 is 0. The van der Waals surface area contributed by atoms with Gasteiger partial charge in [0.1, 0.15) is 5.82 Å². The Morgan fingerprint density at radius 1 is 1.30 bits per heavy atom. The van der Waals surface area contributed by atoms with E-state index in [1.165, 1.54) is 19.3 Å². The summed E-state index contributed by atoms with van der Waals surface area (Å²) in [5.74, 6) is 6.62. The minimum absolute atomic E-state index is 0.0356. The summed E-state index contributed by atoms with van der Waals surface area (Å²) in [6, 6.07) is 3.76. The topological polar surface area (TPSA) is 80.0 Å². The average molecular weight is 276 g/mol. The molecule has 0 bridgehead atoms. The van der Waals surface area contributed by atoms with E-state index in [1.807, 2.05) is 6.92 Å². The number of carbonyl (C=O) groups excluding carboxylic acids is 1. The second kappa shape index (κ2) is 6.70. The van der Waals surface area contributed by atoms with Crippen LogP contribution in [0.4, 0.5) is 5.82 Å². The van der Waals surface area contributed by atoms with Crippen molar-refractivity contribution >= 4 is 11.7 Å². The SMILES string of the molecule is Cc1cc(C(=O)NC2CCCC(C)CC2)cc(NN)n1. The molecule has 0 radical (unpaired) electrons. The summed E-state index contributed by atoms with van der Waals surface area (Å²) in [6.45, 7) is 4.14. The highest BCUT2D eigenvalue weighted by Gasteiger charge is 2.19. The smallest absolute Gasteiger partial charge is 0.251 e. The van der Waals surface area contributed by atoms with Crippen LogP contribution >= 0.6 is 0 Å². The van der Waals surface area contributed by atoms with Crippen molar-refractivity contribution in [2.75, 3.05) is 5.43 Å². The van der Waals surface area contributed by atoms with Crippen LogP contribution in [0, 0.1) is 12.8 Å². The maximum Gasteiger partial charge on any atom is 0.251 e. The van der Waals surface area contributed by atoms with Crippen LogP contribution < -0.4 is 16.6 Å². The van der Waals surface area contributed by atoms with Crippen LogP contribution in [0.1, 0.15) is 55.1 Å². The van der Waals surface area contributed by atoms with Crippen LogP contribution in [0.25, 0.3) is 0 Å².